The van der Waals surface area contributed by atoms with Gasteiger partial charge in [-0.2, -0.15) is 0 Å². The minimum Gasteiger partial charge on any atom is -0.368 e. The van der Waals surface area contributed by atoms with Crippen molar-refractivity contribution in [3.8, 4) is 0 Å². The molecule has 7 nitrogen and oxygen atoms in total. The van der Waals surface area contributed by atoms with Crippen molar-refractivity contribution in [3.63, 3.8) is 0 Å². The summed E-state index contributed by atoms with van der Waals surface area (Å²) in [5.41, 5.74) is 1.14. The zero-order chi connectivity index (χ0) is 21.9. The maximum absolute atomic E-state index is 11.7. The lowest BCUT2D eigenvalue weighted by molar-refractivity contribution is -0.127. The Bertz CT molecular complexity index is 720. The molecule has 0 spiro atoms. The van der Waals surface area contributed by atoms with E-state index < -0.39 is 0 Å². The molecule has 31 heavy (non-hydrogen) atoms. The van der Waals surface area contributed by atoms with E-state index in [1.54, 1.807) is 0 Å². The van der Waals surface area contributed by atoms with Crippen LogP contribution in [0.3, 0.4) is 0 Å². The first-order valence-electron chi connectivity index (χ1n) is 11.7. The van der Waals surface area contributed by atoms with Crippen LogP contribution in [-0.2, 0) is 4.79 Å². The second kappa shape index (κ2) is 12.8. The highest BCUT2D eigenvalue weighted by Crippen LogP contribution is 2.25. The number of hydrogen-bond acceptors (Lipinski definition) is 4. The molecular formula is C23H37ClN6O. The van der Waals surface area contributed by atoms with Gasteiger partial charge in [0.2, 0.25) is 5.91 Å². The fraction of sp³-hybridized carbons (Fsp3) is 0.652. The summed E-state index contributed by atoms with van der Waals surface area (Å²) in [5, 5.41) is 7.59. The summed E-state index contributed by atoms with van der Waals surface area (Å²) in [6, 6.07) is 8.10. The minimum absolute atomic E-state index is 0.293. The van der Waals surface area contributed by atoms with Crippen LogP contribution in [-0.4, -0.2) is 87.1 Å². The normalized spacial score (nSPS) is 18.0. The molecule has 0 radical (unpaired) electrons. The number of rotatable bonds is 10. The first-order chi connectivity index (χ1) is 15.2. The van der Waals surface area contributed by atoms with Crippen LogP contribution in [0.1, 0.15) is 32.6 Å². The van der Waals surface area contributed by atoms with Crippen molar-refractivity contribution in [3.05, 3.63) is 29.3 Å². The lowest BCUT2D eigenvalue weighted by Crippen LogP contribution is -2.47. The second-order valence-electron chi connectivity index (χ2n) is 8.16. The third kappa shape index (κ3) is 7.58. The number of guanidine groups is 1. The first-order valence-corrected chi connectivity index (χ1v) is 12.1. The molecular weight excluding hydrogens is 412 g/mol. The quantitative estimate of drug-likeness (QED) is 0.327. The van der Waals surface area contributed by atoms with Gasteiger partial charge in [0.15, 0.2) is 5.96 Å². The molecule has 2 saturated heterocycles. The standard InChI is InChI=1S/C23H37ClN6O/c1-2-25-23(27-12-7-15-30-14-5-10-22(30)31)26-11-6-13-28-16-18-29(19-17-28)21-9-4-3-8-20(21)24/h3-4,8-9H,2,5-7,10-19H2,1H3,(H2,25,26,27). The van der Waals surface area contributed by atoms with Crippen LogP contribution in [0.2, 0.25) is 5.02 Å². The maximum atomic E-state index is 11.7. The zero-order valence-electron chi connectivity index (χ0n) is 18.8. The number of para-hydroxylation sites is 1. The molecule has 2 aliphatic rings. The van der Waals surface area contributed by atoms with E-state index in [-0.39, 0.29) is 0 Å². The SMILES string of the molecule is CCNC(=NCCCN1CCCC1=O)NCCCN1CCN(c2ccccc2Cl)CC1. The van der Waals surface area contributed by atoms with Gasteiger partial charge in [-0.3, -0.25) is 14.7 Å². The molecule has 1 aromatic rings. The molecule has 2 aliphatic heterocycles. The van der Waals surface area contributed by atoms with Gasteiger partial charge in [0.05, 0.1) is 10.7 Å². The fourth-order valence-electron chi connectivity index (χ4n) is 4.16. The highest BCUT2D eigenvalue weighted by molar-refractivity contribution is 6.33. The Balaban J connectivity index is 1.30. The van der Waals surface area contributed by atoms with Crippen molar-refractivity contribution in [2.24, 2.45) is 4.99 Å². The molecule has 3 rings (SSSR count). The molecule has 2 N–H and O–H groups in total. The van der Waals surface area contributed by atoms with E-state index in [9.17, 15) is 4.79 Å². The van der Waals surface area contributed by atoms with Gasteiger partial charge < -0.3 is 20.4 Å². The number of anilines is 1. The molecule has 1 amide bonds. The van der Waals surface area contributed by atoms with Crippen LogP contribution in [0, 0.1) is 0 Å². The topological polar surface area (TPSA) is 63.2 Å². The molecule has 0 aromatic heterocycles. The van der Waals surface area contributed by atoms with Gasteiger partial charge in [-0.15, -0.1) is 0 Å². The van der Waals surface area contributed by atoms with Crippen molar-refractivity contribution >= 4 is 29.2 Å². The van der Waals surface area contributed by atoms with Gasteiger partial charge in [0, 0.05) is 65.3 Å². The van der Waals surface area contributed by atoms with E-state index in [0.717, 1.165) is 101 Å². The highest BCUT2D eigenvalue weighted by Gasteiger charge is 2.19. The Kier molecular flexibility index (Phi) is 9.75. The first kappa shape index (κ1) is 23.7. The molecule has 1 aromatic carbocycles. The van der Waals surface area contributed by atoms with Crippen LogP contribution in [0.25, 0.3) is 0 Å². The Morgan fingerprint density at radius 3 is 2.58 bits per heavy atom. The number of nitrogens with one attached hydrogen (secondary N) is 2. The van der Waals surface area contributed by atoms with Gasteiger partial charge in [-0.1, -0.05) is 23.7 Å². The number of likely N-dealkylation sites (tertiary alicyclic amines) is 1. The average molecular weight is 449 g/mol. The second-order valence-corrected chi connectivity index (χ2v) is 8.57. The molecule has 0 saturated carbocycles. The molecule has 8 heteroatoms. The van der Waals surface area contributed by atoms with Crippen molar-refractivity contribution < 1.29 is 4.79 Å². The number of piperazine rings is 1. The van der Waals surface area contributed by atoms with Crippen LogP contribution in [0.5, 0.6) is 0 Å². The van der Waals surface area contributed by atoms with E-state index in [1.807, 2.05) is 17.0 Å². The summed E-state index contributed by atoms with van der Waals surface area (Å²) in [5.74, 6) is 1.17. The van der Waals surface area contributed by atoms with Gasteiger partial charge in [0.25, 0.3) is 0 Å². The van der Waals surface area contributed by atoms with Crippen LogP contribution in [0.4, 0.5) is 5.69 Å². The predicted octanol–water partition coefficient (Wildman–Crippen LogP) is 2.42. The summed E-state index contributed by atoms with van der Waals surface area (Å²) >= 11 is 6.34. The number of benzene rings is 1. The maximum Gasteiger partial charge on any atom is 0.222 e. The van der Waals surface area contributed by atoms with E-state index in [4.69, 9.17) is 11.6 Å². The summed E-state index contributed by atoms with van der Waals surface area (Å²) < 4.78 is 0. The third-order valence-corrected chi connectivity index (χ3v) is 6.20. The zero-order valence-corrected chi connectivity index (χ0v) is 19.5. The van der Waals surface area contributed by atoms with Gasteiger partial charge in [0.1, 0.15) is 0 Å². The van der Waals surface area contributed by atoms with Crippen molar-refractivity contribution in [2.45, 2.75) is 32.6 Å². The fourth-order valence-corrected chi connectivity index (χ4v) is 4.42. The van der Waals surface area contributed by atoms with E-state index in [0.29, 0.717) is 12.3 Å². The summed E-state index contributed by atoms with van der Waals surface area (Å²) in [6.45, 7) is 11.5. The molecule has 0 bridgehead atoms. The van der Waals surface area contributed by atoms with Crippen molar-refractivity contribution in [1.82, 2.24) is 20.4 Å². The van der Waals surface area contributed by atoms with Crippen LogP contribution < -0.4 is 15.5 Å². The van der Waals surface area contributed by atoms with E-state index >= 15 is 0 Å². The number of hydrogen-bond donors (Lipinski definition) is 2. The Labute approximate surface area is 191 Å². The van der Waals surface area contributed by atoms with E-state index in [2.05, 4.69) is 44.5 Å². The largest absolute Gasteiger partial charge is 0.368 e. The van der Waals surface area contributed by atoms with Crippen molar-refractivity contribution in [2.75, 3.05) is 70.3 Å². The number of amides is 1. The van der Waals surface area contributed by atoms with Gasteiger partial charge in [-0.05, 0) is 44.9 Å². The minimum atomic E-state index is 0.293. The Morgan fingerprint density at radius 1 is 1.06 bits per heavy atom. The van der Waals surface area contributed by atoms with E-state index in [1.165, 1.54) is 0 Å². The molecule has 2 fully saturated rings. The number of nitrogens with zero attached hydrogens (tertiary/aromatic N) is 4. The molecule has 0 unspecified atom stereocenters. The van der Waals surface area contributed by atoms with Gasteiger partial charge in [-0.25, -0.2) is 0 Å². The lowest BCUT2D eigenvalue weighted by atomic mass is 10.2. The summed E-state index contributed by atoms with van der Waals surface area (Å²) in [7, 11) is 0. The number of carbonyl (C=O) groups is 1. The van der Waals surface area contributed by atoms with Gasteiger partial charge >= 0.3 is 0 Å². The smallest absolute Gasteiger partial charge is 0.222 e. The number of halogens is 1. The lowest BCUT2D eigenvalue weighted by Gasteiger charge is -2.36. The molecule has 172 valence electrons. The Morgan fingerprint density at radius 2 is 1.87 bits per heavy atom. The highest BCUT2D eigenvalue weighted by atomic mass is 35.5. The summed E-state index contributed by atoms with van der Waals surface area (Å²) in [6.07, 6.45) is 3.71. The predicted molar refractivity (Wildman–Crippen MR) is 129 cm³/mol. The third-order valence-electron chi connectivity index (χ3n) is 5.88. The molecule has 0 aliphatic carbocycles. The monoisotopic (exact) mass is 448 g/mol. The molecule has 0 atom stereocenters. The Hall–Kier alpha value is -1.99. The number of carbonyl (C=O) groups excluding carboxylic acids is 1. The average Bonchev–Trinajstić information content (AvgIpc) is 3.19. The number of aliphatic imine (C=N–C) groups is 1. The van der Waals surface area contributed by atoms with Crippen LogP contribution in [0.15, 0.2) is 29.3 Å². The van der Waals surface area contributed by atoms with Crippen LogP contribution >= 0.6 is 11.6 Å². The summed E-state index contributed by atoms with van der Waals surface area (Å²) in [4.78, 5) is 23.2. The molecule has 2 heterocycles. The van der Waals surface area contributed by atoms with Crippen molar-refractivity contribution in [1.29, 1.82) is 0 Å².